The molecule has 0 amide bonds. The van der Waals surface area contributed by atoms with E-state index < -0.39 is 0 Å². The van der Waals surface area contributed by atoms with Crippen LogP contribution in [0.2, 0.25) is 0 Å². The van der Waals surface area contributed by atoms with Crippen LogP contribution in [0.3, 0.4) is 0 Å². The van der Waals surface area contributed by atoms with Gasteiger partial charge in [-0.05, 0) is 36.8 Å². The first-order chi connectivity index (χ1) is 8.22. The Hall–Kier alpha value is -2.10. The van der Waals surface area contributed by atoms with Crippen molar-refractivity contribution in [3.05, 3.63) is 36.0 Å². The summed E-state index contributed by atoms with van der Waals surface area (Å²) in [6.45, 7) is 2.07. The number of fused-ring (bicyclic) bond motifs is 1. The maximum absolute atomic E-state index is 5.66. The molecule has 0 radical (unpaired) electrons. The smallest absolute Gasteiger partial charge is 0.220 e. The van der Waals surface area contributed by atoms with Crippen molar-refractivity contribution < 1.29 is 4.74 Å². The van der Waals surface area contributed by atoms with Gasteiger partial charge in [0.2, 0.25) is 5.95 Å². The van der Waals surface area contributed by atoms with Crippen molar-refractivity contribution in [1.29, 1.82) is 0 Å². The van der Waals surface area contributed by atoms with Crippen molar-refractivity contribution in [2.75, 3.05) is 5.73 Å². The van der Waals surface area contributed by atoms with Crippen LogP contribution in [0, 0.1) is 0 Å². The molecule has 86 valence electrons. The van der Waals surface area contributed by atoms with Gasteiger partial charge < -0.3 is 10.5 Å². The summed E-state index contributed by atoms with van der Waals surface area (Å²) in [4.78, 5) is 8.11. The van der Waals surface area contributed by atoms with E-state index in [-0.39, 0.29) is 6.10 Å². The minimum absolute atomic E-state index is 0.260. The summed E-state index contributed by atoms with van der Waals surface area (Å²) in [6.07, 6.45) is 2.88. The highest BCUT2D eigenvalue weighted by atomic mass is 16.5. The lowest BCUT2D eigenvalue weighted by molar-refractivity contribution is 0.254. The molecule has 1 aliphatic heterocycles. The standard InChI is InChI=1S/C13H13N3O/c1-8-6-10-7-9(2-3-12(10)17-8)11-4-5-15-13(14)16-11/h2-5,7-8H,6H2,1H3,(H2,14,15,16)/t8-/m1/s1. The molecule has 1 aromatic heterocycles. The van der Waals surface area contributed by atoms with Crippen molar-refractivity contribution in [3.63, 3.8) is 0 Å². The van der Waals surface area contributed by atoms with Crippen LogP contribution in [0.5, 0.6) is 5.75 Å². The molecule has 0 unspecified atom stereocenters. The van der Waals surface area contributed by atoms with Crippen molar-refractivity contribution in [1.82, 2.24) is 9.97 Å². The number of aromatic nitrogens is 2. The molecule has 0 spiro atoms. The zero-order chi connectivity index (χ0) is 11.8. The number of hydrogen-bond donors (Lipinski definition) is 1. The van der Waals surface area contributed by atoms with Gasteiger partial charge in [0.15, 0.2) is 0 Å². The summed E-state index contributed by atoms with van der Waals surface area (Å²) in [5, 5.41) is 0. The molecule has 0 saturated heterocycles. The number of nitrogen functional groups attached to an aromatic ring is 1. The Kier molecular flexibility index (Phi) is 2.21. The van der Waals surface area contributed by atoms with Crippen LogP contribution in [-0.4, -0.2) is 16.1 Å². The van der Waals surface area contributed by atoms with E-state index in [2.05, 4.69) is 23.0 Å². The van der Waals surface area contributed by atoms with Gasteiger partial charge in [-0.3, -0.25) is 0 Å². The first kappa shape index (κ1) is 10.1. The van der Waals surface area contributed by atoms with E-state index >= 15 is 0 Å². The second kappa shape index (κ2) is 3.73. The molecule has 0 saturated carbocycles. The fourth-order valence-electron chi connectivity index (χ4n) is 2.12. The first-order valence-electron chi connectivity index (χ1n) is 5.61. The van der Waals surface area contributed by atoms with E-state index in [0.717, 1.165) is 23.4 Å². The molecule has 0 bridgehead atoms. The fraction of sp³-hybridized carbons (Fsp3) is 0.231. The van der Waals surface area contributed by atoms with Gasteiger partial charge in [-0.25, -0.2) is 9.97 Å². The summed E-state index contributed by atoms with van der Waals surface area (Å²) >= 11 is 0. The molecule has 2 N–H and O–H groups in total. The summed E-state index contributed by atoms with van der Waals surface area (Å²) < 4.78 is 5.66. The lowest BCUT2D eigenvalue weighted by Gasteiger charge is -2.04. The predicted molar refractivity (Wildman–Crippen MR) is 65.7 cm³/mol. The van der Waals surface area contributed by atoms with Gasteiger partial charge in [0, 0.05) is 18.2 Å². The molecule has 3 rings (SSSR count). The second-order valence-electron chi connectivity index (χ2n) is 4.26. The Balaban J connectivity index is 2.03. The third-order valence-corrected chi connectivity index (χ3v) is 2.87. The van der Waals surface area contributed by atoms with Crippen LogP contribution in [0.4, 0.5) is 5.95 Å². The third-order valence-electron chi connectivity index (χ3n) is 2.87. The number of rotatable bonds is 1. The van der Waals surface area contributed by atoms with Gasteiger partial charge in [0.1, 0.15) is 11.9 Å². The number of nitrogens with zero attached hydrogens (tertiary/aromatic N) is 2. The quantitative estimate of drug-likeness (QED) is 0.810. The largest absolute Gasteiger partial charge is 0.490 e. The maximum atomic E-state index is 5.66. The normalized spacial score (nSPS) is 17.6. The molecule has 0 fully saturated rings. The van der Waals surface area contributed by atoms with Crippen LogP contribution in [-0.2, 0) is 6.42 Å². The number of anilines is 1. The average Bonchev–Trinajstić information content (AvgIpc) is 2.68. The van der Waals surface area contributed by atoms with Crippen LogP contribution in [0.1, 0.15) is 12.5 Å². The van der Waals surface area contributed by atoms with E-state index in [0.29, 0.717) is 5.95 Å². The highest BCUT2D eigenvalue weighted by molar-refractivity contribution is 5.63. The van der Waals surface area contributed by atoms with Gasteiger partial charge >= 0.3 is 0 Å². The summed E-state index contributed by atoms with van der Waals surface area (Å²) in [7, 11) is 0. The molecule has 1 aromatic carbocycles. The molecular weight excluding hydrogens is 214 g/mol. The van der Waals surface area contributed by atoms with Crippen LogP contribution in [0.25, 0.3) is 11.3 Å². The lowest BCUT2D eigenvalue weighted by atomic mass is 10.0. The van der Waals surface area contributed by atoms with Crippen molar-refractivity contribution in [3.8, 4) is 17.0 Å². The van der Waals surface area contributed by atoms with Gasteiger partial charge in [-0.1, -0.05) is 0 Å². The van der Waals surface area contributed by atoms with E-state index in [1.807, 2.05) is 18.2 Å². The molecule has 1 aliphatic rings. The van der Waals surface area contributed by atoms with Crippen LogP contribution < -0.4 is 10.5 Å². The van der Waals surface area contributed by atoms with Gasteiger partial charge in [-0.15, -0.1) is 0 Å². The number of ether oxygens (including phenoxy) is 1. The van der Waals surface area contributed by atoms with Crippen LogP contribution in [0.15, 0.2) is 30.5 Å². The van der Waals surface area contributed by atoms with Crippen molar-refractivity contribution >= 4 is 5.95 Å². The minimum atomic E-state index is 0.260. The van der Waals surface area contributed by atoms with Gasteiger partial charge in [0.05, 0.1) is 5.69 Å². The van der Waals surface area contributed by atoms with Crippen molar-refractivity contribution in [2.24, 2.45) is 0 Å². The van der Waals surface area contributed by atoms with Crippen molar-refractivity contribution in [2.45, 2.75) is 19.4 Å². The Morgan fingerprint density at radius 2 is 2.24 bits per heavy atom. The number of hydrogen-bond acceptors (Lipinski definition) is 4. The Morgan fingerprint density at radius 1 is 1.35 bits per heavy atom. The van der Waals surface area contributed by atoms with E-state index in [1.165, 1.54) is 5.56 Å². The lowest BCUT2D eigenvalue weighted by Crippen LogP contribution is -2.05. The van der Waals surface area contributed by atoms with Gasteiger partial charge in [0.25, 0.3) is 0 Å². The molecule has 2 aromatic rings. The molecule has 2 heterocycles. The number of nitrogens with two attached hydrogens (primary N) is 1. The predicted octanol–water partition coefficient (Wildman–Crippen LogP) is 2.05. The third kappa shape index (κ3) is 1.82. The molecular formula is C13H13N3O. The van der Waals surface area contributed by atoms with E-state index in [4.69, 9.17) is 10.5 Å². The van der Waals surface area contributed by atoms with E-state index in [1.54, 1.807) is 6.20 Å². The highest BCUT2D eigenvalue weighted by Crippen LogP contribution is 2.32. The SMILES string of the molecule is C[C@@H]1Cc2cc(-c3ccnc(N)n3)ccc2O1. The molecule has 1 atom stereocenters. The molecule has 0 aliphatic carbocycles. The molecule has 17 heavy (non-hydrogen) atoms. The zero-order valence-corrected chi connectivity index (χ0v) is 9.55. The summed E-state index contributed by atoms with van der Waals surface area (Å²) in [6, 6.07) is 7.96. The first-order valence-corrected chi connectivity index (χ1v) is 5.61. The topological polar surface area (TPSA) is 61.0 Å². The van der Waals surface area contributed by atoms with Gasteiger partial charge in [-0.2, -0.15) is 0 Å². The maximum Gasteiger partial charge on any atom is 0.220 e. The van der Waals surface area contributed by atoms with Crippen LogP contribution >= 0.6 is 0 Å². The Bertz CT molecular complexity index is 568. The van der Waals surface area contributed by atoms with E-state index in [9.17, 15) is 0 Å². The molecule has 4 nitrogen and oxygen atoms in total. The fourth-order valence-corrected chi connectivity index (χ4v) is 2.12. The Labute approximate surface area is 99.5 Å². The Morgan fingerprint density at radius 3 is 3.06 bits per heavy atom. The summed E-state index contributed by atoms with van der Waals surface area (Å²) in [5.41, 5.74) is 8.71. The number of benzene rings is 1. The average molecular weight is 227 g/mol. The monoisotopic (exact) mass is 227 g/mol. The minimum Gasteiger partial charge on any atom is -0.490 e. The zero-order valence-electron chi connectivity index (χ0n) is 9.55. The highest BCUT2D eigenvalue weighted by Gasteiger charge is 2.19. The second-order valence-corrected chi connectivity index (χ2v) is 4.26. The summed E-state index contributed by atoms with van der Waals surface area (Å²) in [5.74, 6) is 1.27. The molecule has 4 heteroatoms.